The monoisotopic (exact) mass is 434 g/mol. The molecule has 0 bridgehead atoms. The number of carbonyl (C=O) groups is 2. The first-order chi connectivity index (χ1) is 15.5. The lowest BCUT2D eigenvalue weighted by Gasteiger charge is -2.30. The molecule has 6 nitrogen and oxygen atoms in total. The fraction of sp³-hybridized carbons (Fsp3) is 0.385. The van der Waals surface area contributed by atoms with E-state index in [9.17, 15) is 9.59 Å². The Bertz CT molecular complexity index is 1030. The molecule has 1 aliphatic carbocycles. The molecule has 1 heterocycles. The van der Waals surface area contributed by atoms with Crippen LogP contribution in [0.15, 0.2) is 54.2 Å². The van der Waals surface area contributed by atoms with Crippen molar-refractivity contribution in [3.05, 3.63) is 65.4 Å². The summed E-state index contributed by atoms with van der Waals surface area (Å²) in [5.41, 5.74) is 2.61. The van der Waals surface area contributed by atoms with E-state index in [4.69, 9.17) is 9.47 Å². The van der Waals surface area contributed by atoms with Gasteiger partial charge in [0, 0.05) is 19.6 Å². The molecule has 2 aromatic rings. The van der Waals surface area contributed by atoms with Gasteiger partial charge >= 0.3 is 0 Å². The number of hydrogen-bond acceptors (Lipinski definition) is 5. The summed E-state index contributed by atoms with van der Waals surface area (Å²) in [5.74, 6) is 0.685. The largest absolute Gasteiger partial charge is 0.493 e. The third kappa shape index (κ3) is 4.09. The molecule has 1 fully saturated rings. The predicted octanol–water partition coefficient (Wildman–Crippen LogP) is 4.25. The van der Waals surface area contributed by atoms with E-state index in [0.717, 1.165) is 37.7 Å². The van der Waals surface area contributed by atoms with Crippen LogP contribution in [0.3, 0.4) is 0 Å². The van der Waals surface area contributed by atoms with Gasteiger partial charge in [0.2, 0.25) is 0 Å². The van der Waals surface area contributed by atoms with Crippen LogP contribution >= 0.6 is 0 Å². The molecule has 2 aromatic carbocycles. The molecule has 0 aromatic heterocycles. The van der Waals surface area contributed by atoms with Gasteiger partial charge in [0.15, 0.2) is 11.5 Å². The first-order valence-corrected chi connectivity index (χ1v) is 11.1. The van der Waals surface area contributed by atoms with Crippen molar-refractivity contribution < 1.29 is 19.1 Å². The Hall–Kier alpha value is -3.28. The lowest BCUT2D eigenvalue weighted by atomic mass is 9.94. The number of carbonyl (C=O) groups excluding carboxylic acids is 2. The van der Waals surface area contributed by atoms with Crippen molar-refractivity contribution >= 4 is 17.4 Å². The van der Waals surface area contributed by atoms with Gasteiger partial charge in [-0.3, -0.25) is 14.5 Å². The van der Waals surface area contributed by atoms with Crippen LogP contribution in [0.1, 0.15) is 43.2 Å². The minimum atomic E-state index is -0.218. The lowest BCUT2D eigenvalue weighted by Crippen LogP contribution is -2.43. The lowest BCUT2D eigenvalue weighted by molar-refractivity contribution is -0.140. The second-order valence-corrected chi connectivity index (χ2v) is 8.41. The summed E-state index contributed by atoms with van der Waals surface area (Å²) in [6.07, 6.45) is 4.98. The number of ether oxygens (including phenoxy) is 2. The quantitative estimate of drug-likeness (QED) is 0.610. The SMILES string of the molecule is COc1ccc(C2=C(N(C)Cc3ccccc3)C(=O)N(C3CCCCC3)C2=O)cc1OC. The van der Waals surface area contributed by atoms with E-state index in [1.54, 1.807) is 26.4 Å². The fourth-order valence-electron chi connectivity index (χ4n) is 4.75. The zero-order valence-corrected chi connectivity index (χ0v) is 19.0. The minimum Gasteiger partial charge on any atom is -0.493 e. The van der Waals surface area contributed by atoms with Crippen molar-refractivity contribution in [2.24, 2.45) is 0 Å². The second-order valence-electron chi connectivity index (χ2n) is 8.41. The molecule has 1 aliphatic heterocycles. The molecular formula is C26H30N2O4. The number of amides is 2. The fourth-order valence-corrected chi connectivity index (χ4v) is 4.75. The number of imide groups is 1. The third-order valence-corrected chi connectivity index (χ3v) is 6.35. The van der Waals surface area contributed by atoms with Crippen molar-refractivity contribution in [1.29, 1.82) is 0 Å². The molecule has 0 unspecified atom stereocenters. The standard InChI is InChI=1S/C26H30N2O4/c1-27(17-18-10-6-4-7-11-18)24-23(19-14-15-21(31-2)22(16-19)32-3)25(29)28(26(24)30)20-12-8-5-9-13-20/h4,6-7,10-11,14-16,20H,5,8-9,12-13,17H2,1-3H3. The Morgan fingerprint density at radius 3 is 2.25 bits per heavy atom. The highest BCUT2D eigenvalue weighted by atomic mass is 16.5. The van der Waals surface area contributed by atoms with E-state index in [0.29, 0.717) is 34.9 Å². The van der Waals surface area contributed by atoms with E-state index in [2.05, 4.69) is 0 Å². The summed E-state index contributed by atoms with van der Waals surface area (Å²) in [6, 6.07) is 15.3. The molecule has 0 radical (unpaired) electrons. The number of benzene rings is 2. The minimum absolute atomic E-state index is 0.0403. The van der Waals surface area contributed by atoms with Crippen LogP contribution in [-0.4, -0.2) is 48.9 Å². The molecular weight excluding hydrogens is 404 g/mol. The van der Waals surface area contributed by atoms with Gasteiger partial charge in [0.1, 0.15) is 5.70 Å². The zero-order chi connectivity index (χ0) is 22.7. The van der Waals surface area contributed by atoms with Gasteiger partial charge in [0.25, 0.3) is 11.8 Å². The van der Waals surface area contributed by atoms with Crippen molar-refractivity contribution in [2.75, 3.05) is 21.3 Å². The van der Waals surface area contributed by atoms with Crippen molar-refractivity contribution in [2.45, 2.75) is 44.7 Å². The van der Waals surface area contributed by atoms with Crippen LogP contribution in [0.4, 0.5) is 0 Å². The number of hydrogen-bond donors (Lipinski definition) is 0. The Balaban J connectivity index is 1.77. The Morgan fingerprint density at radius 2 is 1.59 bits per heavy atom. The molecule has 0 saturated heterocycles. The predicted molar refractivity (Wildman–Crippen MR) is 123 cm³/mol. The maximum atomic E-state index is 13.7. The van der Waals surface area contributed by atoms with Crippen LogP contribution in [-0.2, 0) is 16.1 Å². The maximum Gasteiger partial charge on any atom is 0.278 e. The van der Waals surface area contributed by atoms with E-state index in [1.165, 1.54) is 4.90 Å². The molecule has 0 spiro atoms. The highest BCUT2D eigenvalue weighted by Crippen LogP contribution is 2.38. The van der Waals surface area contributed by atoms with Crippen LogP contribution in [0.25, 0.3) is 5.57 Å². The van der Waals surface area contributed by atoms with Crippen molar-refractivity contribution in [3.8, 4) is 11.5 Å². The molecule has 2 amide bonds. The van der Waals surface area contributed by atoms with Gasteiger partial charge in [-0.2, -0.15) is 0 Å². The normalized spacial score (nSPS) is 17.2. The third-order valence-electron chi connectivity index (χ3n) is 6.35. The van der Waals surface area contributed by atoms with Gasteiger partial charge in [-0.15, -0.1) is 0 Å². The van der Waals surface area contributed by atoms with E-state index in [-0.39, 0.29) is 17.9 Å². The van der Waals surface area contributed by atoms with E-state index >= 15 is 0 Å². The molecule has 1 saturated carbocycles. The van der Waals surface area contributed by atoms with Gasteiger partial charge in [-0.05, 0) is 36.1 Å². The number of likely N-dealkylation sites (N-methyl/N-ethyl adjacent to an activating group) is 1. The first kappa shape index (κ1) is 21.9. The van der Waals surface area contributed by atoms with Crippen LogP contribution in [0.2, 0.25) is 0 Å². The van der Waals surface area contributed by atoms with Gasteiger partial charge in [-0.25, -0.2) is 0 Å². The molecule has 168 valence electrons. The average Bonchev–Trinajstić information content (AvgIpc) is 3.09. The molecule has 32 heavy (non-hydrogen) atoms. The van der Waals surface area contributed by atoms with E-state index < -0.39 is 0 Å². The Kier molecular flexibility index (Phi) is 6.49. The molecule has 0 atom stereocenters. The summed E-state index contributed by atoms with van der Waals surface area (Å²) in [4.78, 5) is 30.7. The van der Waals surface area contributed by atoms with Crippen molar-refractivity contribution in [3.63, 3.8) is 0 Å². The number of rotatable bonds is 7. The zero-order valence-electron chi connectivity index (χ0n) is 19.0. The summed E-state index contributed by atoms with van der Waals surface area (Å²) in [7, 11) is 5.01. The molecule has 4 rings (SSSR count). The maximum absolute atomic E-state index is 13.7. The summed E-state index contributed by atoms with van der Waals surface area (Å²) >= 11 is 0. The Labute approximate surface area is 189 Å². The average molecular weight is 435 g/mol. The highest BCUT2D eigenvalue weighted by Gasteiger charge is 2.44. The first-order valence-electron chi connectivity index (χ1n) is 11.1. The molecule has 6 heteroatoms. The van der Waals surface area contributed by atoms with Gasteiger partial charge < -0.3 is 14.4 Å². The number of nitrogens with zero attached hydrogens (tertiary/aromatic N) is 2. The van der Waals surface area contributed by atoms with Crippen LogP contribution < -0.4 is 9.47 Å². The smallest absolute Gasteiger partial charge is 0.278 e. The highest BCUT2D eigenvalue weighted by molar-refractivity contribution is 6.35. The summed E-state index contributed by atoms with van der Waals surface area (Å²) in [5, 5.41) is 0. The Morgan fingerprint density at radius 1 is 0.906 bits per heavy atom. The van der Waals surface area contributed by atoms with Crippen LogP contribution in [0.5, 0.6) is 11.5 Å². The topological polar surface area (TPSA) is 59.1 Å². The summed E-state index contributed by atoms with van der Waals surface area (Å²) < 4.78 is 10.8. The van der Waals surface area contributed by atoms with E-state index in [1.807, 2.05) is 48.3 Å². The summed E-state index contributed by atoms with van der Waals surface area (Å²) in [6.45, 7) is 0.532. The van der Waals surface area contributed by atoms with Crippen LogP contribution in [0, 0.1) is 0 Å². The van der Waals surface area contributed by atoms with Gasteiger partial charge in [-0.1, -0.05) is 55.7 Å². The number of methoxy groups -OCH3 is 2. The van der Waals surface area contributed by atoms with Crippen molar-refractivity contribution in [1.82, 2.24) is 9.80 Å². The molecule has 0 N–H and O–H groups in total. The van der Waals surface area contributed by atoms with Gasteiger partial charge in [0.05, 0.1) is 19.8 Å². The molecule has 2 aliphatic rings. The second kappa shape index (κ2) is 9.47.